The number of anilines is 2. The van der Waals surface area contributed by atoms with Gasteiger partial charge in [-0.25, -0.2) is 9.97 Å². The smallest absolute Gasteiger partial charge is 0.220 e. The molecule has 0 saturated carbocycles. The summed E-state index contributed by atoms with van der Waals surface area (Å²) in [7, 11) is 0. The molecule has 1 aliphatic heterocycles. The number of nitrogen functional groups attached to an aromatic ring is 1. The number of rotatable bonds is 5. The van der Waals surface area contributed by atoms with Gasteiger partial charge in [0.05, 0.1) is 5.69 Å². The zero-order valence-electron chi connectivity index (χ0n) is 15.1. The van der Waals surface area contributed by atoms with Crippen LogP contribution in [0, 0.1) is 0 Å². The van der Waals surface area contributed by atoms with Gasteiger partial charge in [0.25, 0.3) is 0 Å². The lowest BCUT2D eigenvalue weighted by molar-refractivity contribution is 0.0983. The number of nitrogens with two attached hydrogens (primary N) is 1. The van der Waals surface area contributed by atoms with E-state index in [0.29, 0.717) is 12.4 Å². The fraction of sp³-hybridized carbons (Fsp3) is 0.227. The first-order valence-corrected chi connectivity index (χ1v) is 9.21. The predicted molar refractivity (Wildman–Crippen MR) is 107 cm³/mol. The second-order valence-electron chi connectivity index (χ2n) is 6.83. The Morgan fingerprint density at radius 3 is 2.81 bits per heavy atom. The van der Waals surface area contributed by atoms with Gasteiger partial charge in [-0.3, -0.25) is 4.79 Å². The second kappa shape index (κ2) is 7.58. The summed E-state index contributed by atoms with van der Waals surface area (Å²) >= 11 is 0. The molecule has 1 aliphatic rings. The van der Waals surface area contributed by atoms with Crippen LogP contribution in [0.4, 0.5) is 11.6 Å². The molecule has 136 valence electrons. The first-order chi connectivity index (χ1) is 13.2. The number of hydrogen-bond donors (Lipinski definition) is 1. The number of hydrogen-bond acceptors (Lipinski definition) is 5. The molecule has 27 heavy (non-hydrogen) atoms. The SMILES string of the molecule is Nc1ncc2c(n1)CCN(c1cccc(C(=O)CCc3ccccc3)c1)C2. The molecule has 4 rings (SSSR count). The van der Waals surface area contributed by atoms with Gasteiger partial charge in [0.1, 0.15) is 0 Å². The van der Waals surface area contributed by atoms with Crippen molar-refractivity contribution in [3.05, 3.63) is 83.2 Å². The lowest BCUT2D eigenvalue weighted by Gasteiger charge is -2.30. The molecule has 0 amide bonds. The molecule has 0 spiro atoms. The van der Waals surface area contributed by atoms with Gasteiger partial charge in [-0.15, -0.1) is 0 Å². The molecule has 0 atom stereocenters. The fourth-order valence-electron chi connectivity index (χ4n) is 3.47. The summed E-state index contributed by atoms with van der Waals surface area (Å²) in [5.74, 6) is 0.502. The van der Waals surface area contributed by atoms with E-state index in [1.807, 2.05) is 36.4 Å². The summed E-state index contributed by atoms with van der Waals surface area (Å²) in [6, 6.07) is 18.0. The molecule has 0 radical (unpaired) electrons. The number of aryl methyl sites for hydroxylation is 1. The van der Waals surface area contributed by atoms with Crippen LogP contribution in [-0.4, -0.2) is 22.3 Å². The van der Waals surface area contributed by atoms with Gasteiger partial charge in [-0.2, -0.15) is 0 Å². The van der Waals surface area contributed by atoms with Crippen molar-refractivity contribution in [1.29, 1.82) is 0 Å². The zero-order chi connectivity index (χ0) is 18.6. The molecule has 0 aliphatic carbocycles. The maximum atomic E-state index is 12.6. The van der Waals surface area contributed by atoms with Gasteiger partial charge >= 0.3 is 0 Å². The standard InChI is InChI=1S/C22H22N4O/c23-22-24-14-18-15-26(12-11-20(18)25-22)19-8-4-7-17(13-19)21(27)10-9-16-5-2-1-3-6-16/h1-8,13-14H,9-12,15H2,(H2,23,24,25). The van der Waals surface area contributed by atoms with E-state index in [9.17, 15) is 4.79 Å². The summed E-state index contributed by atoms with van der Waals surface area (Å²) in [5, 5.41) is 0. The van der Waals surface area contributed by atoms with Crippen LogP contribution in [0.5, 0.6) is 0 Å². The highest BCUT2D eigenvalue weighted by atomic mass is 16.1. The van der Waals surface area contributed by atoms with Crippen LogP contribution in [0.1, 0.15) is 33.6 Å². The van der Waals surface area contributed by atoms with E-state index < -0.39 is 0 Å². The van der Waals surface area contributed by atoms with Gasteiger partial charge in [-0.05, 0) is 24.1 Å². The fourth-order valence-corrected chi connectivity index (χ4v) is 3.47. The topological polar surface area (TPSA) is 72.1 Å². The van der Waals surface area contributed by atoms with Crippen molar-refractivity contribution < 1.29 is 4.79 Å². The Morgan fingerprint density at radius 1 is 1.11 bits per heavy atom. The molecule has 0 bridgehead atoms. The monoisotopic (exact) mass is 358 g/mol. The number of carbonyl (C=O) groups excluding carboxylic acids is 1. The Morgan fingerprint density at radius 2 is 1.96 bits per heavy atom. The van der Waals surface area contributed by atoms with Gasteiger partial charge < -0.3 is 10.6 Å². The Kier molecular flexibility index (Phi) is 4.83. The molecule has 2 N–H and O–H groups in total. The van der Waals surface area contributed by atoms with Crippen LogP contribution < -0.4 is 10.6 Å². The number of ketones is 1. The van der Waals surface area contributed by atoms with Crippen LogP contribution in [0.2, 0.25) is 0 Å². The van der Waals surface area contributed by atoms with E-state index in [-0.39, 0.29) is 5.78 Å². The second-order valence-corrected chi connectivity index (χ2v) is 6.83. The molecule has 5 heteroatoms. The molecule has 1 aromatic heterocycles. The minimum atomic E-state index is 0.175. The van der Waals surface area contributed by atoms with Crippen LogP contribution in [0.3, 0.4) is 0 Å². The molecule has 2 heterocycles. The molecule has 5 nitrogen and oxygen atoms in total. The normalized spacial score (nSPS) is 13.3. The minimum Gasteiger partial charge on any atom is -0.368 e. The van der Waals surface area contributed by atoms with Crippen LogP contribution in [0.25, 0.3) is 0 Å². The van der Waals surface area contributed by atoms with Crippen molar-refractivity contribution >= 4 is 17.4 Å². The highest BCUT2D eigenvalue weighted by Gasteiger charge is 2.19. The van der Waals surface area contributed by atoms with Crippen molar-refractivity contribution in [2.45, 2.75) is 25.8 Å². The summed E-state index contributed by atoms with van der Waals surface area (Å²) in [6.45, 7) is 1.59. The largest absolute Gasteiger partial charge is 0.368 e. The van der Waals surface area contributed by atoms with Crippen molar-refractivity contribution in [3.8, 4) is 0 Å². The zero-order valence-corrected chi connectivity index (χ0v) is 15.1. The van der Waals surface area contributed by atoms with Crippen LogP contribution in [0.15, 0.2) is 60.8 Å². The first kappa shape index (κ1) is 17.2. The molecule has 0 saturated heterocycles. The number of Topliss-reactive ketones (excluding diaryl/α,β-unsaturated/α-hetero) is 1. The average molecular weight is 358 g/mol. The molecular formula is C22H22N4O. The lowest BCUT2D eigenvalue weighted by Crippen LogP contribution is -2.31. The van der Waals surface area contributed by atoms with Gasteiger partial charge in [-0.1, -0.05) is 42.5 Å². The third kappa shape index (κ3) is 3.97. The summed E-state index contributed by atoms with van der Waals surface area (Å²) < 4.78 is 0. The maximum absolute atomic E-state index is 12.6. The van der Waals surface area contributed by atoms with Crippen LogP contribution in [-0.2, 0) is 19.4 Å². The van der Waals surface area contributed by atoms with E-state index in [1.165, 1.54) is 5.56 Å². The molecule has 2 aromatic carbocycles. The number of benzene rings is 2. The molecule has 0 fully saturated rings. The summed E-state index contributed by atoms with van der Waals surface area (Å²) in [5.41, 5.74) is 10.8. The number of aromatic nitrogens is 2. The first-order valence-electron chi connectivity index (χ1n) is 9.21. The van der Waals surface area contributed by atoms with E-state index in [2.05, 4.69) is 33.1 Å². The van der Waals surface area contributed by atoms with Crippen LogP contribution >= 0.6 is 0 Å². The third-order valence-electron chi connectivity index (χ3n) is 4.97. The van der Waals surface area contributed by atoms with E-state index in [1.54, 1.807) is 6.20 Å². The van der Waals surface area contributed by atoms with Gasteiger partial charge in [0.2, 0.25) is 5.95 Å². The molecule has 0 unspecified atom stereocenters. The lowest BCUT2D eigenvalue weighted by atomic mass is 10.0. The predicted octanol–water partition coefficient (Wildman–Crippen LogP) is 3.44. The average Bonchev–Trinajstić information content (AvgIpc) is 2.72. The van der Waals surface area contributed by atoms with E-state index in [4.69, 9.17) is 5.73 Å². The summed E-state index contributed by atoms with van der Waals surface area (Å²) in [6.07, 6.45) is 3.91. The Bertz CT molecular complexity index is 956. The Hall–Kier alpha value is -3.21. The van der Waals surface area contributed by atoms with Crippen molar-refractivity contribution in [2.75, 3.05) is 17.2 Å². The highest BCUT2D eigenvalue weighted by molar-refractivity contribution is 5.97. The van der Waals surface area contributed by atoms with Crippen molar-refractivity contribution in [3.63, 3.8) is 0 Å². The van der Waals surface area contributed by atoms with Gasteiger partial charge in [0.15, 0.2) is 5.78 Å². The number of fused-ring (bicyclic) bond motifs is 1. The summed E-state index contributed by atoms with van der Waals surface area (Å²) in [4.78, 5) is 23.3. The van der Waals surface area contributed by atoms with Gasteiger partial charge in [0, 0.05) is 48.9 Å². The molecular weight excluding hydrogens is 336 g/mol. The Balaban J connectivity index is 1.46. The third-order valence-corrected chi connectivity index (χ3v) is 4.97. The minimum absolute atomic E-state index is 0.175. The van der Waals surface area contributed by atoms with Crippen molar-refractivity contribution in [1.82, 2.24) is 9.97 Å². The maximum Gasteiger partial charge on any atom is 0.220 e. The molecule has 3 aromatic rings. The number of carbonyl (C=O) groups is 1. The van der Waals surface area contributed by atoms with E-state index in [0.717, 1.165) is 48.4 Å². The van der Waals surface area contributed by atoms with E-state index >= 15 is 0 Å². The highest BCUT2D eigenvalue weighted by Crippen LogP contribution is 2.25. The number of nitrogens with zero attached hydrogens (tertiary/aromatic N) is 3. The quantitative estimate of drug-likeness (QED) is 0.708. The Labute approximate surface area is 158 Å². The van der Waals surface area contributed by atoms with Crippen molar-refractivity contribution in [2.24, 2.45) is 0 Å².